The zero-order valence-electron chi connectivity index (χ0n) is 12.4. The van der Waals surface area contributed by atoms with E-state index in [0.29, 0.717) is 6.54 Å². The maximum Gasteiger partial charge on any atom is 0.247 e. The summed E-state index contributed by atoms with van der Waals surface area (Å²) in [4.78, 5) is 14.1. The smallest absolute Gasteiger partial charge is 0.247 e. The molecule has 0 saturated heterocycles. The first kappa shape index (κ1) is 14.3. The summed E-state index contributed by atoms with van der Waals surface area (Å²) in [7, 11) is 1.81. The Morgan fingerprint density at radius 3 is 2.80 bits per heavy atom. The van der Waals surface area contributed by atoms with Gasteiger partial charge in [0, 0.05) is 26.0 Å². The average Bonchev–Trinajstić information content (AvgIpc) is 3.05. The molecule has 1 amide bonds. The number of carbonyl (C=O) groups is 1. The molecule has 0 spiro atoms. The first-order valence-electron chi connectivity index (χ1n) is 6.80. The molecule has 2 aromatic heterocycles. The van der Waals surface area contributed by atoms with Crippen LogP contribution in [0, 0.1) is 6.92 Å². The van der Waals surface area contributed by atoms with E-state index in [-0.39, 0.29) is 11.9 Å². The predicted molar refractivity (Wildman–Crippen MR) is 76.1 cm³/mol. The Morgan fingerprint density at radius 1 is 1.45 bits per heavy atom. The number of nitrogens with zero attached hydrogens (tertiary/aromatic N) is 5. The van der Waals surface area contributed by atoms with Crippen molar-refractivity contribution in [1.82, 2.24) is 24.5 Å². The molecule has 2 rings (SSSR count). The summed E-state index contributed by atoms with van der Waals surface area (Å²) < 4.78 is 3.60. The lowest BCUT2D eigenvalue weighted by Gasteiger charge is -2.22. The molecule has 6 heteroatoms. The van der Waals surface area contributed by atoms with Crippen molar-refractivity contribution in [3.63, 3.8) is 0 Å². The van der Waals surface area contributed by atoms with Crippen LogP contribution in [0.2, 0.25) is 0 Å². The Kier molecular flexibility index (Phi) is 4.22. The number of likely N-dealkylation sites (N-methyl/N-ethyl adjacent to an activating group) is 1. The Hall–Kier alpha value is -2.11. The first-order chi connectivity index (χ1) is 9.52. The molecule has 108 valence electrons. The highest BCUT2D eigenvalue weighted by Gasteiger charge is 2.20. The molecule has 0 aliphatic carbocycles. The van der Waals surface area contributed by atoms with E-state index in [1.54, 1.807) is 15.8 Å². The lowest BCUT2D eigenvalue weighted by Crippen LogP contribution is -2.33. The van der Waals surface area contributed by atoms with E-state index >= 15 is 0 Å². The van der Waals surface area contributed by atoms with Gasteiger partial charge in [0.1, 0.15) is 6.04 Å². The highest BCUT2D eigenvalue weighted by atomic mass is 16.2. The number of rotatable bonds is 5. The molecule has 2 aromatic rings. The van der Waals surface area contributed by atoms with Crippen LogP contribution in [0.1, 0.15) is 31.3 Å². The molecular weight excluding hydrogens is 254 g/mol. The van der Waals surface area contributed by atoms with E-state index in [1.807, 2.05) is 50.8 Å². The highest BCUT2D eigenvalue weighted by Crippen LogP contribution is 2.11. The Labute approximate surface area is 119 Å². The fourth-order valence-corrected chi connectivity index (χ4v) is 2.18. The van der Waals surface area contributed by atoms with Gasteiger partial charge in [-0.3, -0.25) is 14.2 Å². The zero-order chi connectivity index (χ0) is 14.7. The number of hydrogen-bond donors (Lipinski definition) is 0. The molecule has 0 bridgehead atoms. The zero-order valence-corrected chi connectivity index (χ0v) is 12.4. The second-order valence-electron chi connectivity index (χ2n) is 4.95. The molecule has 0 aromatic carbocycles. The van der Waals surface area contributed by atoms with Gasteiger partial charge in [-0.15, -0.1) is 0 Å². The van der Waals surface area contributed by atoms with Crippen molar-refractivity contribution in [1.29, 1.82) is 0 Å². The van der Waals surface area contributed by atoms with Gasteiger partial charge in [0.25, 0.3) is 0 Å². The lowest BCUT2D eigenvalue weighted by atomic mass is 10.3. The van der Waals surface area contributed by atoms with Crippen molar-refractivity contribution < 1.29 is 4.79 Å². The van der Waals surface area contributed by atoms with Gasteiger partial charge in [0.2, 0.25) is 5.91 Å². The number of aromatic nitrogens is 4. The van der Waals surface area contributed by atoms with Crippen LogP contribution in [0.25, 0.3) is 0 Å². The van der Waals surface area contributed by atoms with Crippen LogP contribution < -0.4 is 0 Å². The van der Waals surface area contributed by atoms with E-state index in [9.17, 15) is 4.79 Å². The molecule has 1 atom stereocenters. The third-order valence-corrected chi connectivity index (χ3v) is 3.38. The van der Waals surface area contributed by atoms with Crippen molar-refractivity contribution >= 4 is 5.91 Å². The van der Waals surface area contributed by atoms with Gasteiger partial charge in [0.05, 0.1) is 17.9 Å². The van der Waals surface area contributed by atoms with Crippen molar-refractivity contribution in [2.24, 2.45) is 0 Å². The van der Waals surface area contributed by atoms with E-state index in [2.05, 4.69) is 10.2 Å². The Morgan fingerprint density at radius 2 is 2.20 bits per heavy atom. The number of aryl methyl sites for hydroxylation is 2. The van der Waals surface area contributed by atoms with E-state index < -0.39 is 0 Å². The van der Waals surface area contributed by atoms with Gasteiger partial charge < -0.3 is 4.90 Å². The number of carbonyl (C=O) groups excluding carboxylic acids is 1. The summed E-state index contributed by atoms with van der Waals surface area (Å²) in [5.41, 5.74) is 1.95. The van der Waals surface area contributed by atoms with Gasteiger partial charge in [0.15, 0.2) is 0 Å². The van der Waals surface area contributed by atoms with E-state index in [4.69, 9.17) is 0 Å². The summed E-state index contributed by atoms with van der Waals surface area (Å²) in [6.45, 7) is 7.17. The monoisotopic (exact) mass is 275 g/mol. The van der Waals surface area contributed by atoms with Crippen LogP contribution in [-0.2, 0) is 17.9 Å². The second-order valence-corrected chi connectivity index (χ2v) is 4.95. The molecule has 0 N–H and O–H groups in total. The predicted octanol–water partition coefficient (Wildman–Crippen LogP) is 1.63. The molecule has 0 radical (unpaired) electrons. The molecule has 0 aliphatic rings. The normalized spacial score (nSPS) is 12.4. The Balaban J connectivity index is 2.05. The molecular formula is C14H21N5O. The van der Waals surface area contributed by atoms with Gasteiger partial charge in [-0.05, 0) is 32.9 Å². The topological polar surface area (TPSA) is 56.0 Å². The molecule has 2 heterocycles. The number of amides is 1. The van der Waals surface area contributed by atoms with Gasteiger partial charge in [-0.25, -0.2) is 0 Å². The fraction of sp³-hybridized carbons (Fsp3) is 0.500. The van der Waals surface area contributed by atoms with Crippen molar-refractivity contribution in [2.75, 3.05) is 7.05 Å². The fourth-order valence-electron chi connectivity index (χ4n) is 2.18. The molecule has 6 nitrogen and oxygen atoms in total. The average molecular weight is 275 g/mol. The van der Waals surface area contributed by atoms with Crippen molar-refractivity contribution in [3.05, 3.63) is 35.9 Å². The molecule has 20 heavy (non-hydrogen) atoms. The van der Waals surface area contributed by atoms with Crippen LogP contribution in [0.5, 0.6) is 0 Å². The van der Waals surface area contributed by atoms with Crippen molar-refractivity contribution in [3.8, 4) is 0 Å². The van der Waals surface area contributed by atoms with Gasteiger partial charge in [-0.1, -0.05) is 0 Å². The largest absolute Gasteiger partial charge is 0.338 e. The molecule has 0 fully saturated rings. The molecule has 1 unspecified atom stereocenters. The molecule has 0 saturated carbocycles. The maximum atomic E-state index is 12.4. The standard InChI is InChI=1S/C14H21N5O/c1-5-18-13(6-8-15-18)10-17(4)14(20)12(3)19-9-7-11(2)16-19/h6-9,12H,5,10H2,1-4H3. The van der Waals surface area contributed by atoms with Crippen LogP contribution in [0.3, 0.4) is 0 Å². The van der Waals surface area contributed by atoms with Gasteiger partial charge in [-0.2, -0.15) is 10.2 Å². The maximum absolute atomic E-state index is 12.4. The summed E-state index contributed by atoms with van der Waals surface area (Å²) >= 11 is 0. The third kappa shape index (κ3) is 2.89. The van der Waals surface area contributed by atoms with Crippen LogP contribution in [-0.4, -0.2) is 37.4 Å². The lowest BCUT2D eigenvalue weighted by molar-refractivity contribution is -0.133. The second kappa shape index (κ2) is 5.90. The summed E-state index contributed by atoms with van der Waals surface area (Å²) in [6.07, 6.45) is 3.60. The SMILES string of the molecule is CCn1nccc1CN(C)C(=O)C(C)n1ccc(C)n1. The number of hydrogen-bond acceptors (Lipinski definition) is 3. The summed E-state index contributed by atoms with van der Waals surface area (Å²) in [6, 6.07) is 3.54. The van der Waals surface area contributed by atoms with Crippen LogP contribution >= 0.6 is 0 Å². The van der Waals surface area contributed by atoms with E-state index in [1.165, 1.54) is 0 Å². The minimum absolute atomic E-state index is 0.0388. The van der Waals surface area contributed by atoms with Crippen LogP contribution in [0.15, 0.2) is 24.5 Å². The molecule has 0 aliphatic heterocycles. The summed E-state index contributed by atoms with van der Waals surface area (Å²) in [5, 5.41) is 8.51. The van der Waals surface area contributed by atoms with Gasteiger partial charge >= 0.3 is 0 Å². The van der Waals surface area contributed by atoms with Crippen LogP contribution in [0.4, 0.5) is 0 Å². The van der Waals surface area contributed by atoms with Crippen molar-refractivity contribution in [2.45, 2.75) is 39.9 Å². The Bertz CT molecular complexity index is 586. The minimum atomic E-state index is -0.299. The quantitative estimate of drug-likeness (QED) is 0.833. The van der Waals surface area contributed by atoms with E-state index in [0.717, 1.165) is 17.9 Å². The highest BCUT2D eigenvalue weighted by molar-refractivity contribution is 5.79. The minimum Gasteiger partial charge on any atom is -0.338 e. The summed E-state index contributed by atoms with van der Waals surface area (Å²) in [5.74, 6) is 0.0388. The first-order valence-corrected chi connectivity index (χ1v) is 6.80. The third-order valence-electron chi connectivity index (χ3n) is 3.38.